The molecule has 0 bridgehead atoms. The topological polar surface area (TPSA) is 6.48 Å². The fraction of sp³-hybridized carbons (Fsp3) is 0.208. The summed E-state index contributed by atoms with van der Waals surface area (Å²) in [5.74, 6) is 13.7. The summed E-state index contributed by atoms with van der Waals surface area (Å²) in [4.78, 5) is 4.17. The molecule has 0 amide bonds. The molecule has 0 saturated carbocycles. The van der Waals surface area contributed by atoms with Crippen LogP contribution in [-0.2, 0) is 0 Å². The maximum absolute atomic E-state index is 3.52. The van der Waals surface area contributed by atoms with Crippen molar-refractivity contribution >= 4 is 49.8 Å². The zero-order valence-electron chi connectivity index (χ0n) is 32.3. The van der Waals surface area contributed by atoms with Crippen LogP contribution in [0.2, 0.25) is 39.3 Å². The largest absolute Gasteiger partial charge is 0.378 e. The number of hydrogen-bond acceptors (Lipinski definition) is 2. The lowest BCUT2D eigenvalue weighted by atomic mass is 10.0. The number of rotatable bonds is 6. The van der Waals surface area contributed by atoms with Crippen molar-refractivity contribution in [1.82, 2.24) is 0 Å². The van der Waals surface area contributed by atoms with Crippen molar-refractivity contribution in [1.29, 1.82) is 0 Å². The van der Waals surface area contributed by atoms with Crippen LogP contribution in [0.1, 0.15) is 22.3 Å². The van der Waals surface area contributed by atoms with Crippen molar-refractivity contribution < 1.29 is 0 Å². The Hall–Kier alpha value is -5.81. The molecule has 0 aliphatic rings. The molecule has 0 fully saturated rings. The lowest BCUT2D eigenvalue weighted by molar-refractivity contribution is 1.13. The number of nitrogens with zero attached hydrogens (tertiary/aromatic N) is 2. The van der Waals surface area contributed by atoms with Crippen LogP contribution in [-0.4, -0.2) is 44.3 Å². The molecule has 0 radical (unpaired) electrons. The van der Waals surface area contributed by atoms with Gasteiger partial charge in [0.15, 0.2) is 0 Å². The molecule has 0 spiro atoms. The van der Waals surface area contributed by atoms with Gasteiger partial charge in [-0.25, -0.2) is 0 Å². The number of anilines is 2. The molecule has 0 aliphatic heterocycles. The first-order valence-electron chi connectivity index (χ1n) is 17.5. The summed E-state index contributed by atoms with van der Waals surface area (Å²) in [5.41, 5.74) is 29.9. The van der Waals surface area contributed by atoms with Crippen molar-refractivity contribution in [2.75, 3.05) is 38.0 Å². The fourth-order valence-electron chi connectivity index (χ4n) is 4.64. The zero-order chi connectivity index (χ0) is 37.7. The van der Waals surface area contributed by atoms with Crippen LogP contribution in [0.4, 0.5) is 11.4 Å². The predicted octanol–water partition coefficient (Wildman–Crippen LogP) is 10.7. The highest BCUT2D eigenvalue weighted by Crippen LogP contribution is 2.21. The molecule has 0 atom stereocenters. The summed E-state index contributed by atoms with van der Waals surface area (Å²) in [5, 5.41) is 0. The Kier molecular flexibility index (Phi) is 13.4. The maximum atomic E-state index is 3.52. The third kappa shape index (κ3) is 12.5. The molecule has 2 nitrogen and oxygen atoms in total. The summed E-state index contributed by atoms with van der Waals surface area (Å²) in [7, 11) is 4.84. The van der Waals surface area contributed by atoms with Crippen molar-refractivity contribution in [2.45, 2.75) is 39.3 Å². The first kappa shape index (κ1) is 39.0. The first-order chi connectivity index (χ1) is 24.7. The second-order valence-electron chi connectivity index (χ2n) is 14.9. The van der Waals surface area contributed by atoms with E-state index < -0.39 is 16.1 Å². The highest BCUT2D eigenvalue weighted by atomic mass is 28.3. The van der Waals surface area contributed by atoms with Gasteiger partial charge in [0.2, 0.25) is 0 Å². The molecule has 0 N–H and O–H groups in total. The molecule has 4 aromatic carbocycles. The van der Waals surface area contributed by atoms with E-state index in [1.807, 2.05) is 88.9 Å². The summed E-state index contributed by atoms with van der Waals surface area (Å²) >= 11 is 0. The Morgan fingerprint density at radius 2 is 0.635 bits per heavy atom. The molecule has 0 unspecified atom stereocenters. The minimum Gasteiger partial charge on any atom is -0.378 e. The van der Waals surface area contributed by atoms with E-state index in [0.29, 0.717) is 11.1 Å². The summed E-state index contributed by atoms with van der Waals surface area (Å²) in [6.45, 7) is 13.5. The monoisotopic (exact) mass is 708 g/mol. The fourth-order valence-corrected chi connectivity index (χ4v) is 5.64. The van der Waals surface area contributed by atoms with E-state index in [9.17, 15) is 0 Å². The maximum Gasteiger partial charge on any atom is 0.129 e. The Balaban J connectivity index is 2.04. The standard InChI is InChI=1S/C48H48N2Si2/c1-49(2)47-31-27-43(28-32-47)45(35-37-51(5,6)7)25-23-41(39-17-13-11-14-18-39)21-22-42(40-19-15-12-16-20-40)24-26-46(36-38-52(8,9)10)44-29-33-48(34-30-44)50(3)4/h11-20,27-34H,1-10H3. The van der Waals surface area contributed by atoms with E-state index in [1.54, 1.807) is 0 Å². The van der Waals surface area contributed by atoms with E-state index in [4.69, 9.17) is 0 Å². The highest BCUT2D eigenvalue weighted by Gasteiger charge is 2.10. The van der Waals surface area contributed by atoms with Gasteiger partial charge in [0.25, 0.3) is 0 Å². The van der Waals surface area contributed by atoms with Crippen LogP contribution in [0.3, 0.4) is 0 Å². The van der Waals surface area contributed by atoms with Crippen LogP contribution < -0.4 is 9.80 Å². The lowest BCUT2D eigenvalue weighted by Crippen LogP contribution is -2.16. The lowest BCUT2D eigenvalue weighted by Gasteiger charge is -2.12. The average Bonchev–Trinajstić information content (AvgIpc) is 3.11. The molecule has 258 valence electrons. The number of benzene rings is 4. The predicted molar refractivity (Wildman–Crippen MR) is 232 cm³/mol. The van der Waals surface area contributed by atoms with Crippen LogP contribution in [0.25, 0.3) is 22.3 Å². The second-order valence-corrected chi connectivity index (χ2v) is 24.4. The van der Waals surface area contributed by atoms with Crippen molar-refractivity contribution in [3.8, 4) is 34.8 Å². The van der Waals surface area contributed by atoms with Crippen LogP contribution >= 0.6 is 0 Å². The Labute approximate surface area is 315 Å². The van der Waals surface area contributed by atoms with E-state index >= 15 is 0 Å². The van der Waals surface area contributed by atoms with Gasteiger partial charge >= 0.3 is 0 Å². The van der Waals surface area contributed by atoms with Gasteiger partial charge in [-0.15, -0.1) is 11.1 Å². The van der Waals surface area contributed by atoms with Crippen molar-refractivity contribution in [2.24, 2.45) is 0 Å². The summed E-state index contributed by atoms with van der Waals surface area (Å²) in [6, 6.07) is 37.0. The molecule has 0 heterocycles. The summed E-state index contributed by atoms with van der Waals surface area (Å²) in [6.07, 6.45) is 0. The molecule has 0 aliphatic carbocycles. The van der Waals surface area contributed by atoms with E-state index in [-0.39, 0.29) is 0 Å². The molecule has 0 aromatic heterocycles. The molecular weight excluding hydrogens is 661 g/mol. The first-order valence-corrected chi connectivity index (χ1v) is 24.5. The van der Waals surface area contributed by atoms with Crippen LogP contribution in [0.15, 0.2) is 132 Å². The molecule has 0 saturated heterocycles. The van der Waals surface area contributed by atoms with Gasteiger partial charge in [-0.3, -0.25) is 0 Å². The van der Waals surface area contributed by atoms with Crippen molar-refractivity contribution in [3.63, 3.8) is 0 Å². The van der Waals surface area contributed by atoms with Gasteiger partial charge in [0.1, 0.15) is 16.1 Å². The van der Waals surface area contributed by atoms with Gasteiger partial charge in [-0.2, -0.15) is 0 Å². The van der Waals surface area contributed by atoms with Gasteiger partial charge in [-0.05, 0) is 46.5 Å². The molecule has 4 aromatic rings. The quantitative estimate of drug-likeness (QED) is 0.112. The van der Waals surface area contributed by atoms with Crippen LogP contribution in [0, 0.1) is 34.8 Å². The SMILES string of the molecule is CN(C)c1ccc(C(=C=C=C(C#CC(=C=C=C(C#C[Si](C)(C)C)c2ccc(N(C)C)cc2)c2ccccc2)c2ccccc2)C#C[Si](C)(C)C)cc1. The van der Waals surface area contributed by atoms with Gasteiger partial charge in [-0.1, -0.05) is 171 Å². The van der Waals surface area contributed by atoms with Gasteiger partial charge < -0.3 is 9.80 Å². The minimum atomic E-state index is -1.66. The van der Waals surface area contributed by atoms with Gasteiger partial charge in [0.05, 0.1) is 22.3 Å². The highest BCUT2D eigenvalue weighted by molar-refractivity contribution is 6.84. The van der Waals surface area contributed by atoms with E-state index in [1.165, 1.54) is 0 Å². The molecule has 4 rings (SSSR count). The minimum absolute atomic E-state index is 0.704. The zero-order valence-corrected chi connectivity index (χ0v) is 34.3. The smallest absolute Gasteiger partial charge is 0.129 e. The van der Waals surface area contributed by atoms with Crippen LogP contribution in [0.5, 0.6) is 0 Å². The van der Waals surface area contributed by atoms with E-state index in [0.717, 1.165) is 44.8 Å². The Morgan fingerprint density at radius 1 is 0.365 bits per heavy atom. The third-order valence-corrected chi connectivity index (χ3v) is 9.28. The number of allylic oxidation sites excluding steroid dienone is 4. The van der Waals surface area contributed by atoms with Crippen molar-refractivity contribution in [3.05, 3.63) is 154 Å². The molecule has 52 heavy (non-hydrogen) atoms. The normalized spacial score (nSPS) is 10.1. The summed E-state index contributed by atoms with van der Waals surface area (Å²) < 4.78 is 0. The molecular formula is C48H48N2Si2. The second kappa shape index (κ2) is 17.9. The average molecular weight is 709 g/mol. The van der Waals surface area contributed by atoms with E-state index in [2.05, 4.69) is 155 Å². The third-order valence-electron chi connectivity index (χ3n) is 7.53. The van der Waals surface area contributed by atoms with Gasteiger partial charge in [0, 0.05) is 39.6 Å². The Morgan fingerprint density at radius 3 is 0.904 bits per heavy atom. The number of hydrogen-bond donors (Lipinski definition) is 0. The molecule has 4 heteroatoms. The Bertz CT molecular complexity index is 2110.